The van der Waals surface area contributed by atoms with Crippen LogP contribution in [0, 0.1) is 6.92 Å². The van der Waals surface area contributed by atoms with Gasteiger partial charge in [-0.15, -0.1) is 11.8 Å². The van der Waals surface area contributed by atoms with Crippen molar-refractivity contribution in [3.63, 3.8) is 0 Å². The molecule has 1 aromatic carbocycles. The number of carbonyl (C=O) groups excluding carboxylic acids is 1. The zero-order valence-corrected chi connectivity index (χ0v) is 13.8. The lowest BCUT2D eigenvalue weighted by molar-refractivity contribution is -0.144. The van der Waals surface area contributed by atoms with E-state index in [0.29, 0.717) is 13.0 Å². The van der Waals surface area contributed by atoms with Crippen molar-refractivity contribution >= 4 is 29.5 Å². The molecule has 0 aliphatic rings. The van der Waals surface area contributed by atoms with E-state index in [0.717, 1.165) is 17.3 Å². The molecular formula is C15H23NO2S2. The molecular weight excluding hydrogens is 290 g/mol. The van der Waals surface area contributed by atoms with E-state index in [1.54, 1.807) is 6.92 Å². The molecule has 0 radical (unpaired) electrons. The van der Waals surface area contributed by atoms with Crippen LogP contribution in [0.4, 0.5) is 0 Å². The van der Waals surface area contributed by atoms with Gasteiger partial charge in [0, 0.05) is 16.4 Å². The monoisotopic (exact) mass is 313 g/mol. The SMILES string of the molecule is CCOC(=O)C(N)CCSCCSc1ccc(C)cc1. The Balaban J connectivity index is 2.05. The van der Waals surface area contributed by atoms with Crippen LogP contribution in [0.5, 0.6) is 0 Å². The Kier molecular flexibility index (Phi) is 8.82. The van der Waals surface area contributed by atoms with Crippen molar-refractivity contribution in [1.29, 1.82) is 0 Å². The minimum Gasteiger partial charge on any atom is -0.465 e. The van der Waals surface area contributed by atoms with Gasteiger partial charge in [-0.25, -0.2) is 0 Å². The van der Waals surface area contributed by atoms with Crippen LogP contribution in [-0.4, -0.2) is 35.9 Å². The van der Waals surface area contributed by atoms with Crippen LogP contribution in [0.25, 0.3) is 0 Å². The van der Waals surface area contributed by atoms with Crippen LogP contribution in [-0.2, 0) is 9.53 Å². The molecule has 1 atom stereocenters. The van der Waals surface area contributed by atoms with Crippen LogP contribution < -0.4 is 5.73 Å². The Morgan fingerprint density at radius 1 is 1.25 bits per heavy atom. The predicted molar refractivity (Wildman–Crippen MR) is 88.5 cm³/mol. The molecule has 0 amide bonds. The van der Waals surface area contributed by atoms with Gasteiger partial charge in [0.2, 0.25) is 0 Å². The molecule has 0 saturated carbocycles. The molecule has 112 valence electrons. The molecule has 0 aliphatic heterocycles. The molecule has 0 aliphatic carbocycles. The molecule has 1 rings (SSSR count). The number of thioether (sulfide) groups is 2. The lowest BCUT2D eigenvalue weighted by Crippen LogP contribution is -2.32. The summed E-state index contributed by atoms with van der Waals surface area (Å²) in [5.41, 5.74) is 7.02. The van der Waals surface area contributed by atoms with Crippen LogP contribution in [0.2, 0.25) is 0 Å². The van der Waals surface area contributed by atoms with E-state index < -0.39 is 6.04 Å². The first-order valence-corrected chi connectivity index (χ1v) is 8.97. The summed E-state index contributed by atoms with van der Waals surface area (Å²) < 4.78 is 4.87. The molecule has 0 aromatic heterocycles. The fourth-order valence-corrected chi connectivity index (χ4v) is 3.53. The Labute approximate surface area is 130 Å². The van der Waals surface area contributed by atoms with Crippen molar-refractivity contribution < 1.29 is 9.53 Å². The summed E-state index contributed by atoms with van der Waals surface area (Å²) in [4.78, 5) is 12.6. The van der Waals surface area contributed by atoms with E-state index in [9.17, 15) is 4.79 Å². The summed E-state index contributed by atoms with van der Waals surface area (Å²) in [6, 6.07) is 8.09. The van der Waals surface area contributed by atoms with Crippen LogP contribution in [0.3, 0.4) is 0 Å². The van der Waals surface area contributed by atoms with Gasteiger partial charge in [0.1, 0.15) is 6.04 Å². The predicted octanol–water partition coefficient (Wildman–Crippen LogP) is 3.10. The zero-order valence-electron chi connectivity index (χ0n) is 12.1. The average molecular weight is 313 g/mol. The largest absolute Gasteiger partial charge is 0.465 e. The van der Waals surface area contributed by atoms with Gasteiger partial charge in [0.25, 0.3) is 0 Å². The first-order chi connectivity index (χ1) is 9.63. The van der Waals surface area contributed by atoms with Crippen molar-refractivity contribution in [2.24, 2.45) is 5.73 Å². The number of hydrogen-bond acceptors (Lipinski definition) is 5. The van der Waals surface area contributed by atoms with E-state index in [-0.39, 0.29) is 5.97 Å². The molecule has 0 bridgehead atoms. The topological polar surface area (TPSA) is 52.3 Å². The summed E-state index contributed by atoms with van der Waals surface area (Å²) in [7, 11) is 0. The fraction of sp³-hybridized carbons (Fsp3) is 0.533. The zero-order chi connectivity index (χ0) is 14.8. The summed E-state index contributed by atoms with van der Waals surface area (Å²) in [5, 5.41) is 0. The van der Waals surface area contributed by atoms with Crippen LogP contribution in [0.1, 0.15) is 18.9 Å². The number of hydrogen-bond donors (Lipinski definition) is 1. The second-order valence-corrected chi connectivity index (χ2v) is 6.81. The minimum absolute atomic E-state index is 0.290. The highest BCUT2D eigenvalue weighted by Crippen LogP contribution is 2.19. The lowest BCUT2D eigenvalue weighted by atomic mass is 10.2. The van der Waals surface area contributed by atoms with Gasteiger partial charge in [-0.2, -0.15) is 11.8 Å². The van der Waals surface area contributed by atoms with Crippen molar-refractivity contribution in [3.8, 4) is 0 Å². The molecule has 5 heteroatoms. The van der Waals surface area contributed by atoms with Gasteiger partial charge < -0.3 is 10.5 Å². The lowest BCUT2D eigenvalue weighted by Gasteiger charge is -2.09. The highest BCUT2D eigenvalue weighted by molar-refractivity contribution is 8.02. The van der Waals surface area contributed by atoms with Gasteiger partial charge in [0.15, 0.2) is 0 Å². The summed E-state index contributed by atoms with van der Waals surface area (Å²) in [5.74, 6) is 2.74. The second-order valence-electron chi connectivity index (χ2n) is 4.42. The molecule has 3 nitrogen and oxygen atoms in total. The van der Waals surface area contributed by atoms with Gasteiger partial charge in [-0.05, 0) is 38.2 Å². The van der Waals surface area contributed by atoms with Gasteiger partial charge >= 0.3 is 5.97 Å². The van der Waals surface area contributed by atoms with E-state index in [1.165, 1.54) is 10.5 Å². The number of carbonyl (C=O) groups is 1. The van der Waals surface area contributed by atoms with Gasteiger partial charge in [0.05, 0.1) is 6.61 Å². The number of esters is 1. The number of nitrogens with two attached hydrogens (primary N) is 1. The molecule has 0 heterocycles. The molecule has 2 N–H and O–H groups in total. The van der Waals surface area contributed by atoms with Crippen molar-refractivity contribution in [2.75, 3.05) is 23.9 Å². The number of aryl methyl sites for hydroxylation is 1. The quantitative estimate of drug-likeness (QED) is 0.431. The summed E-state index contributed by atoms with van der Waals surface area (Å²) in [6.07, 6.45) is 0.679. The standard InChI is InChI=1S/C15H23NO2S2/c1-3-18-15(17)14(16)8-9-19-10-11-20-13-6-4-12(2)5-7-13/h4-7,14H,3,8-11,16H2,1-2H3. The highest BCUT2D eigenvalue weighted by atomic mass is 32.2. The minimum atomic E-state index is -0.479. The molecule has 1 unspecified atom stereocenters. The second kappa shape index (κ2) is 10.1. The molecule has 0 spiro atoms. The van der Waals surface area contributed by atoms with Gasteiger partial charge in [-0.3, -0.25) is 4.79 Å². The van der Waals surface area contributed by atoms with Crippen molar-refractivity contribution in [1.82, 2.24) is 0 Å². The number of benzene rings is 1. The number of rotatable bonds is 9. The Hall–Kier alpha value is -0.650. The maximum Gasteiger partial charge on any atom is 0.322 e. The van der Waals surface area contributed by atoms with E-state index in [2.05, 4.69) is 31.2 Å². The number of ether oxygens (including phenoxy) is 1. The van der Waals surface area contributed by atoms with Crippen LogP contribution >= 0.6 is 23.5 Å². The van der Waals surface area contributed by atoms with Gasteiger partial charge in [-0.1, -0.05) is 17.7 Å². The Morgan fingerprint density at radius 2 is 1.95 bits per heavy atom. The smallest absolute Gasteiger partial charge is 0.322 e. The average Bonchev–Trinajstić information content (AvgIpc) is 2.44. The highest BCUT2D eigenvalue weighted by Gasteiger charge is 2.13. The molecule has 20 heavy (non-hydrogen) atoms. The van der Waals surface area contributed by atoms with E-state index >= 15 is 0 Å². The maximum atomic E-state index is 11.3. The van der Waals surface area contributed by atoms with E-state index in [1.807, 2.05) is 23.5 Å². The molecule has 0 saturated heterocycles. The summed E-state index contributed by atoms with van der Waals surface area (Å²) in [6.45, 7) is 4.28. The third-order valence-electron chi connectivity index (χ3n) is 2.68. The summed E-state index contributed by atoms with van der Waals surface area (Å²) >= 11 is 3.69. The maximum absolute atomic E-state index is 11.3. The third kappa shape index (κ3) is 7.22. The Morgan fingerprint density at radius 3 is 2.60 bits per heavy atom. The molecule has 0 fully saturated rings. The van der Waals surface area contributed by atoms with E-state index in [4.69, 9.17) is 10.5 Å². The van der Waals surface area contributed by atoms with Crippen molar-refractivity contribution in [2.45, 2.75) is 31.2 Å². The van der Waals surface area contributed by atoms with Crippen molar-refractivity contribution in [3.05, 3.63) is 29.8 Å². The van der Waals surface area contributed by atoms with Crippen LogP contribution in [0.15, 0.2) is 29.2 Å². The Bertz CT molecular complexity index is 395. The fourth-order valence-electron chi connectivity index (χ4n) is 1.53. The third-order valence-corrected chi connectivity index (χ3v) is 4.97. The molecule has 1 aromatic rings. The normalized spacial score (nSPS) is 12.2. The first-order valence-electron chi connectivity index (χ1n) is 6.83. The first kappa shape index (κ1) is 17.4.